The van der Waals surface area contributed by atoms with Crippen LogP contribution in [0.3, 0.4) is 0 Å². The number of methoxy groups -OCH3 is 1. The Bertz CT molecular complexity index is 625. The van der Waals surface area contributed by atoms with Crippen LogP contribution < -0.4 is 4.74 Å². The highest BCUT2D eigenvalue weighted by Crippen LogP contribution is 2.21. The number of hydrogen-bond donors (Lipinski definition) is 0. The molecule has 0 aliphatic carbocycles. The fraction of sp³-hybridized carbons (Fsp3) is 0.308. The summed E-state index contributed by atoms with van der Waals surface area (Å²) in [7, 11) is 1.55. The zero-order valence-corrected chi connectivity index (χ0v) is 12.3. The SMILES string of the molecule is CCOC(=NCl)c1ccc(-n2cnc(C)c2)c(OC)n1. The molecule has 0 aromatic carbocycles. The first-order valence-electron chi connectivity index (χ1n) is 6.07. The highest BCUT2D eigenvalue weighted by molar-refractivity contribution is 6.21. The summed E-state index contributed by atoms with van der Waals surface area (Å²) < 4.78 is 16.0. The number of ether oxygens (including phenoxy) is 2. The van der Waals surface area contributed by atoms with E-state index in [0.29, 0.717) is 18.2 Å². The summed E-state index contributed by atoms with van der Waals surface area (Å²) in [5.74, 6) is 0.707. The van der Waals surface area contributed by atoms with E-state index in [1.165, 1.54) is 0 Å². The van der Waals surface area contributed by atoms with Crippen LogP contribution in [0.5, 0.6) is 5.88 Å². The Morgan fingerprint density at radius 3 is 2.80 bits per heavy atom. The Kier molecular flexibility index (Phi) is 4.57. The molecule has 0 bridgehead atoms. The number of rotatable bonds is 4. The van der Waals surface area contributed by atoms with Gasteiger partial charge in [0.2, 0.25) is 5.88 Å². The average molecular weight is 295 g/mol. The molecule has 0 aliphatic rings. The van der Waals surface area contributed by atoms with E-state index in [1.807, 2.05) is 30.7 Å². The fourth-order valence-corrected chi connectivity index (χ4v) is 1.87. The van der Waals surface area contributed by atoms with Gasteiger partial charge in [0.25, 0.3) is 5.90 Å². The lowest BCUT2D eigenvalue weighted by Gasteiger charge is -2.10. The smallest absolute Gasteiger partial charge is 0.252 e. The summed E-state index contributed by atoms with van der Waals surface area (Å²) in [6.45, 7) is 4.22. The van der Waals surface area contributed by atoms with Crippen LogP contribution in [-0.4, -0.2) is 34.1 Å². The molecule has 0 spiro atoms. The predicted molar refractivity (Wildman–Crippen MR) is 76.7 cm³/mol. The van der Waals surface area contributed by atoms with Crippen LogP contribution in [0.2, 0.25) is 0 Å². The summed E-state index contributed by atoms with van der Waals surface area (Å²) in [6.07, 6.45) is 3.59. The normalized spacial score (nSPS) is 11.5. The minimum Gasteiger partial charge on any atom is -0.479 e. The molecule has 7 heteroatoms. The fourth-order valence-electron chi connectivity index (χ4n) is 1.73. The van der Waals surface area contributed by atoms with Gasteiger partial charge in [-0.1, -0.05) is 0 Å². The lowest BCUT2D eigenvalue weighted by atomic mass is 10.3. The zero-order valence-electron chi connectivity index (χ0n) is 11.5. The highest BCUT2D eigenvalue weighted by Gasteiger charge is 2.13. The third kappa shape index (κ3) is 2.91. The molecule has 0 unspecified atom stereocenters. The van der Waals surface area contributed by atoms with Crippen molar-refractivity contribution in [2.45, 2.75) is 13.8 Å². The molecule has 2 heterocycles. The van der Waals surface area contributed by atoms with Crippen LogP contribution in [0.25, 0.3) is 5.69 Å². The van der Waals surface area contributed by atoms with E-state index in [4.69, 9.17) is 21.3 Å². The first-order valence-corrected chi connectivity index (χ1v) is 6.41. The minimum absolute atomic E-state index is 0.265. The number of imidazole rings is 1. The molecule has 0 saturated carbocycles. The number of aryl methyl sites for hydroxylation is 1. The summed E-state index contributed by atoms with van der Waals surface area (Å²) in [6, 6.07) is 3.62. The van der Waals surface area contributed by atoms with Gasteiger partial charge in [-0.2, -0.15) is 0 Å². The van der Waals surface area contributed by atoms with Gasteiger partial charge in [0.15, 0.2) is 0 Å². The van der Waals surface area contributed by atoms with Gasteiger partial charge in [-0.15, -0.1) is 4.51 Å². The number of hydrogen-bond acceptors (Lipinski definition) is 5. The monoisotopic (exact) mass is 294 g/mol. The van der Waals surface area contributed by atoms with Crippen molar-refractivity contribution in [3.8, 4) is 11.6 Å². The maximum absolute atomic E-state index is 5.50. The molecular weight excluding hydrogens is 280 g/mol. The lowest BCUT2D eigenvalue weighted by Crippen LogP contribution is -2.10. The van der Waals surface area contributed by atoms with Crippen LogP contribution in [0.4, 0.5) is 0 Å². The first-order chi connectivity index (χ1) is 9.69. The van der Waals surface area contributed by atoms with Gasteiger partial charge in [-0.05, 0) is 26.0 Å². The molecule has 20 heavy (non-hydrogen) atoms. The summed E-state index contributed by atoms with van der Waals surface area (Å²) >= 11 is 5.50. The topological polar surface area (TPSA) is 61.5 Å². The second kappa shape index (κ2) is 6.38. The van der Waals surface area contributed by atoms with Crippen molar-refractivity contribution in [2.75, 3.05) is 13.7 Å². The van der Waals surface area contributed by atoms with Crippen LogP contribution in [0.1, 0.15) is 18.3 Å². The maximum atomic E-state index is 5.50. The molecule has 2 rings (SSSR count). The van der Waals surface area contributed by atoms with Gasteiger partial charge >= 0.3 is 0 Å². The summed E-state index contributed by atoms with van der Waals surface area (Å²) in [5.41, 5.74) is 2.20. The van der Waals surface area contributed by atoms with Crippen LogP contribution in [0.15, 0.2) is 29.2 Å². The van der Waals surface area contributed by atoms with Crippen molar-refractivity contribution in [2.24, 2.45) is 4.51 Å². The van der Waals surface area contributed by atoms with E-state index in [2.05, 4.69) is 14.5 Å². The number of halogens is 1. The van der Waals surface area contributed by atoms with Crippen LogP contribution >= 0.6 is 11.8 Å². The Labute approximate surface area is 122 Å². The molecule has 0 fully saturated rings. The van der Waals surface area contributed by atoms with Crippen molar-refractivity contribution < 1.29 is 9.47 Å². The quantitative estimate of drug-likeness (QED) is 0.642. The second-order valence-electron chi connectivity index (χ2n) is 3.97. The predicted octanol–water partition coefficient (Wildman–Crippen LogP) is 2.52. The molecule has 0 radical (unpaired) electrons. The molecule has 2 aromatic heterocycles. The average Bonchev–Trinajstić information content (AvgIpc) is 2.90. The van der Waals surface area contributed by atoms with Gasteiger partial charge in [0.05, 0.1) is 25.7 Å². The van der Waals surface area contributed by atoms with Crippen molar-refractivity contribution in [1.82, 2.24) is 14.5 Å². The molecule has 0 amide bonds. The molecular formula is C13H15ClN4O2. The van der Waals surface area contributed by atoms with Gasteiger partial charge in [0.1, 0.15) is 11.4 Å². The lowest BCUT2D eigenvalue weighted by molar-refractivity contribution is 0.327. The summed E-state index contributed by atoms with van der Waals surface area (Å²) in [4.78, 5) is 8.54. The second-order valence-corrected chi connectivity index (χ2v) is 4.14. The van der Waals surface area contributed by atoms with E-state index in [0.717, 1.165) is 11.4 Å². The molecule has 0 N–H and O–H groups in total. The molecule has 0 saturated heterocycles. The van der Waals surface area contributed by atoms with Gasteiger partial charge in [-0.25, -0.2) is 9.97 Å². The Balaban J connectivity index is 2.43. The van der Waals surface area contributed by atoms with E-state index < -0.39 is 0 Å². The summed E-state index contributed by atoms with van der Waals surface area (Å²) in [5, 5.41) is 0. The Morgan fingerprint density at radius 1 is 1.45 bits per heavy atom. The first kappa shape index (κ1) is 14.3. The van der Waals surface area contributed by atoms with Gasteiger partial charge in [-0.3, -0.25) is 0 Å². The van der Waals surface area contributed by atoms with E-state index in [1.54, 1.807) is 19.5 Å². The van der Waals surface area contributed by atoms with Gasteiger partial charge < -0.3 is 14.0 Å². The van der Waals surface area contributed by atoms with Crippen LogP contribution in [-0.2, 0) is 4.74 Å². The largest absolute Gasteiger partial charge is 0.479 e. The number of pyridine rings is 1. The van der Waals surface area contributed by atoms with Crippen molar-refractivity contribution >= 4 is 17.7 Å². The van der Waals surface area contributed by atoms with E-state index in [9.17, 15) is 0 Å². The molecule has 2 aromatic rings. The number of aromatic nitrogens is 3. The van der Waals surface area contributed by atoms with E-state index >= 15 is 0 Å². The zero-order chi connectivity index (χ0) is 14.5. The van der Waals surface area contributed by atoms with Crippen LogP contribution in [0, 0.1) is 6.92 Å². The number of nitrogens with zero attached hydrogens (tertiary/aromatic N) is 4. The molecule has 0 aliphatic heterocycles. The van der Waals surface area contributed by atoms with E-state index in [-0.39, 0.29) is 5.90 Å². The third-order valence-corrected chi connectivity index (χ3v) is 2.75. The maximum Gasteiger partial charge on any atom is 0.252 e. The highest BCUT2D eigenvalue weighted by atomic mass is 35.5. The van der Waals surface area contributed by atoms with Crippen molar-refractivity contribution in [3.05, 3.63) is 36.0 Å². The van der Waals surface area contributed by atoms with Crippen molar-refractivity contribution in [1.29, 1.82) is 0 Å². The minimum atomic E-state index is 0.265. The van der Waals surface area contributed by atoms with Crippen molar-refractivity contribution in [3.63, 3.8) is 0 Å². The van der Waals surface area contributed by atoms with Gasteiger partial charge in [0, 0.05) is 18.0 Å². The Hall–Kier alpha value is -2.08. The third-order valence-electron chi connectivity index (χ3n) is 2.60. The molecule has 6 nitrogen and oxygen atoms in total. The standard InChI is InChI=1S/C13H15ClN4O2/c1-4-20-12(17-14)10-5-6-11(13(16-10)19-3)18-7-9(2)15-8-18/h5-8H,4H2,1-3H3. The molecule has 106 valence electrons. The molecule has 0 atom stereocenters. The Morgan fingerprint density at radius 2 is 2.25 bits per heavy atom.